The molecule has 2 aromatic carbocycles. The van der Waals surface area contributed by atoms with Gasteiger partial charge in [0.05, 0.1) is 10.6 Å². The number of sulfonamides is 1. The highest BCUT2D eigenvalue weighted by Gasteiger charge is 2.32. The number of carbonyl (C=O) groups is 1. The van der Waals surface area contributed by atoms with Gasteiger partial charge in [0.25, 0.3) is 5.91 Å². The molecule has 1 unspecified atom stereocenters. The number of hydrogen-bond donors (Lipinski definition) is 0. The molecule has 28 heavy (non-hydrogen) atoms. The third-order valence-electron chi connectivity index (χ3n) is 5.40. The van der Waals surface area contributed by atoms with Crippen molar-refractivity contribution in [2.75, 3.05) is 23.7 Å². The summed E-state index contributed by atoms with van der Waals surface area (Å²) >= 11 is 1.74. The van der Waals surface area contributed by atoms with Crippen molar-refractivity contribution in [2.45, 2.75) is 42.0 Å². The van der Waals surface area contributed by atoms with Crippen LogP contribution in [0.15, 0.2) is 58.3 Å². The van der Waals surface area contributed by atoms with Gasteiger partial charge in [-0.1, -0.05) is 24.6 Å². The van der Waals surface area contributed by atoms with Crippen LogP contribution in [0.1, 0.15) is 36.5 Å². The maximum atomic E-state index is 13.2. The van der Waals surface area contributed by atoms with Crippen LogP contribution in [0.5, 0.6) is 0 Å². The molecule has 0 aliphatic carbocycles. The summed E-state index contributed by atoms with van der Waals surface area (Å²) in [6, 6.07) is 14.3. The van der Waals surface area contributed by atoms with E-state index < -0.39 is 10.0 Å². The molecule has 2 aromatic rings. The second kappa shape index (κ2) is 7.89. The van der Waals surface area contributed by atoms with Gasteiger partial charge < -0.3 is 4.90 Å². The van der Waals surface area contributed by atoms with Crippen molar-refractivity contribution in [1.82, 2.24) is 4.31 Å². The third kappa shape index (κ3) is 3.58. The minimum atomic E-state index is -3.60. The summed E-state index contributed by atoms with van der Waals surface area (Å²) in [7, 11) is -3.60. The molecule has 0 N–H and O–H groups in total. The maximum Gasteiger partial charge on any atom is 0.258 e. The van der Waals surface area contributed by atoms with Crippen LogP contribution in [-0.2, 0) is 10.0 Å². The smallest absolute Gasteiger partial charge is 0.258 e. The third-order valence-corrected chi connectivity index (χ3v) is 8.46. The van der Waals surface area contributed by atoms with Gasteiger partial charge in [-0.25, -0.2) is 8.42 Å². The quantitative estimate of drug-likeness (QED) is 0.759. The van der Waals surface area contributed by atoms with Crippen LogP contribution >= 0.6 is 11.8 Å². The Hall–Kier alpha value is -1.83. The van der Waals surface area contributed by atoms with E-state index in [-0.39, 0.29) is 16.8 Å². The molecule has 0 aromatic heterocycles. The molecule has 0 bridgehead atoms. The summed E-state index contributed by atoms with van der Waals surface area (Å²) < 4.78 is 27.9. The Morgan fingerprint density at radius 2 is 1.89 bits per heavy atom. The number of piperidine rings is 1. The first-order valence-corrected chi connectivity index (χ1v) is 12.1. The number of benzene rings is 2. The van der Waals surface area contributed by atoms with E-state index in [1.807, 2.05) is 31.2 Å². The van der Waals surface area contributed by atoms with Crippen LogP contribution in [0, 0.1) is 0 Å². The fraction of sp³-hybridized carbons (Fsp3) is 0.381. The molecule has 148 valence electrons. The van der Waals surface area contributed by atoms with Crippen molar-refractivity contribution in [1.29, 1.82) is 0 Å². The molecular formula is C21H24N2O3S2. The summed E-state index contributed by atoms with van der Waals surface area (Å²) in [4.78, 5) is 16.2. The first-order valence-electron chi connectivity index (χ1n) is 9.64. The summed E-state index contributed by atoms with van der Waals surface area (Å²) in [6.07, 6.45) is 2.81. The lowest BCUT2D eigenvalue weighted by Gasteiger charge is -2.32. The summed E-state index contributed by atoms with van der Waals surface area (Å²) in [5.41, 5.74) is 1.30. The first kappa shape index (κ1) is 19.5. The molecule has 7 heteroatoms. The van der Waals surface area contributed by atoms with Gasteiger partial charge in [-0.3, -0.25) is 4.79 Å². The minimum Gasteiger partial charge on any atom is -0.306 e. The number of thioether (sulfide) groups is 1. The van der Waals surface area contributed by atoms with Crippen LogP contribution < -0.4 is 4.90 Å². The molecule has 0 saturated carbocycles. The fourth-order valence-corrected chi connectivity index (χ4v) is 6.63. The molecule has 2 aliphatic rings. The second-order valence-electron chi connectivity index (χ2n) is 7.26. The summed E-state index contributed by atoms with van der Waals surface area (Å²) in [5.74, 6) is 0.669. The van der Waals surface area contributed by atoms with E-state index in [1.54, 1.807) is 39.2 Å². The Kier molecular flexibility index (Phi) is 5.49. The monoisotopic (exact) mass is 416 g/mol. The van der Waals surface area contributed by atoms with Gasteiger partial charge in [-0.05, 0) is 50.1 Å². The zero-order valence-electron chi connectivity index (χ0n) is 15.9. The molecular weight excluding hydrogens is 392 g/mol. The highest BCUT2D eigenvalue weighted by Crippen LogP contribution is 2.35. The van der Waals surface area contributed by atoms with E-state index in [2.05, 4.69) is 0 Å². The topological polar surface area (TPSA) is 57.7 Å². The Balaban J connectivity index is 1.65. The molecule has 1 atom stereocenters. The van der Waals surface area contributed by atoms with Crippen molar-refractivity contribution < 1.29 is 13.2 Å². The SMILES string of the molecule is CC1CCCCN1S(=O)(=O)c1cccc(C(=O)N2CCSc3ccccc32)c1. The molecule has 1 fully saturated rings. The van der Waals surface area contributed by atoms with Crippen LogP contribution in [0.25, 0.3) is 0 Å². The number of hydrogen-bond acceptors (Lipinski definition) is 4. The number of rotatable bonds is 3. The first-order chi connectivity index (χ1) is 13.5. The van der Waals surface area contributed by atoms with Crippen molar-refractivity contribution in [3.63, 3.8) is 0 Å². The number of fused-ring (bicyclic) bond motifs is 1. The van der Waals surface area contributed by atoms with E-state index in [4.69, 9.17) is 0 Å². The average molecular weight is 417 g/mol. The van der Waals surface area contributed by atoms with E-state index >= 15 is 0 Å². The van der Waals surface area contributed by atoms with Crippen molar-refractivity contribution in [3.05, 3.63) is 54.1 Å². The fourth-order valence-electron chi connectivity index (χ4n) is 3.89. The minimum absolute atomic E-state index is 0.0101. The second-order valence-corrected chi connectivity index (χ2v) is 10.3. The lowest BCUT2D eigenvalue weighted by Crippen LogP contribution is -2.42. The molecule has 0 radical (unpaired) electrons. The van der Waals surface area contributed by atoms with E-state index in [0.717, 1.165) is 35.6 Å². The number of anilines is 1. The summed E-state index contributed by atoms with van der Waals surface area (Å²) in [5, 5.41) is 0. The Morgan fingerprint density at radius 1 is 1.07 bits per heavy atom. The van der Waals surface area contributed by atoms with Gasteiger partial charge in [-0.2, -0.15) is 4.31 Å². The zero-order chi connectivity index (χ0) is 19.7. The highest BCUT2D eigenvalue weighted by atomic mass is 32.2. The lowest BCUT2D eigenvalue weighted by atomic mass is 10.1. The number of nitrogens with zero attached hydrogens (tertiary/aromatic N) is 2. The Morgan fingerprint density at radius 3 is 2.71 bits per heavy atom. The molecule has 1 saturated heterocycles. The van der Waals surface area contributed by atoms with Gasteiger partial charge in [0.15, 0.2) is 0 Å². The highest BCUT2D eigenvalue weighted by molar-refractivity contribution is 7.99. The van der Waals surface area contributed by atoms with Gasteiger partial charge in [0.2, 0.25) is 10.0 Å². The summed E-state index contributed by atoms with van der Waals surface area (Å²) in [6.45, 7) is 3.10. The Labute approximate surface area is 170 Å². The van der Waals surface area contributed by atoms with Gasteiger partial charge in [0.1, 0.15) is 0 Å². The van der Waals surface area contributed by atoms with Crippen LogP contribution in [0.3, 0.4) is 0 Å². The number of para-hydroxylation sites is 1. The standard InChI is InChI=1S/C21H24N2O3S2/c1-16-7-4-5-12-23(16)28(25,26)18-9-6-8-17(15-18)21(24)22-13-14-27-20-11-3-2-10-19(20)22/h2-3,6,8-11,15-16H,4-5,7,12-14H2,1H3. The predicted octanol–water partition coefficient (Wildman–Crippen LogP) is 4.00. The molecule has 2 heterocycles. The van der Waals surface area contributed by atoms with Crippen molar-refractivity contribution in [2.24, 2.45) is 0 Å². The van der Waals surface area contributed by atoms with Crippen LogP contribution in [0.2, 0.25) is 0 Å². The molecule has 2 aliphatic heterocycles. The van der Waals surface area contributed by atoms with E-state index in [9.17, 15) is 13.2 Å². The van der Waals surface area contributed by atoms with E-state index in [1.165, 1.54) is 6.07 Å². The lowest BCUT2D eigenvalue weighted by molar-refractivity contribution is 0.0987. The van der Waals surface area contributed by atoms with Gasteiger partial charge in [-0.15, -0.1) is 11.8 Å². The number of amides is 1. The van der Waals surface area contributed by atoms with Crippen molar-refractivity contribution >= 4 is 33.4 Å². The van der Waals surface area contributed by atoms with Gasteiger partial charge in [0, 0.05) is 35.3 Å². The predicted molar refractivity (Wildman–Crippen MR) is 112 cm³/mol. The van der Waals surface area contributed by atoms with Crippen LogP contribution in [-0.4, -0.2) is 43.5 Å². The normalized spacial score (nSPS) is 20.6. The molecule has 5 nitrogen and oxygen atoms in total. The molecule has 1 amide bonds. The van der Waals surface area contributed by atoms with Crippen molar-refractivity contribution in [3.8, 4) is 0 Å². The molecule has 4 rings (SSSR count). The average Bonchev–Trinajstić information content (AvgIpc) is 2.73. The van der Waals surface area contributed by atoms with Gasteiger partial charge >= 0.3 is 0 Å². The number of carbonyl (C=O) groups excluding carboxylic acids is 1. The van der Waals surface area contributed by atoms with Crippen LogP contribution in [0.4, 0.5) is 5.69 Å². The largest absolute Gasteiger partial charge is 0.306 e. The molecule has 0 spiro atoms. The van der Waals surface area contributed by atoms with E-state index in [0.29, 0.717) is 18.7 Å². The zero-order valence-corrected chi connectivity index (χ0v) is 17.5. The Bertz CT molecular complexity index is 991. The maximum absolute atomic E-state index is 13.2.